The van der Waals surface area contributed by atoms with Crippen molar-refractivity contribution in [1.82, 2.24) is 0 Å². The largest absolute Gasteiger partial charge is 0.0915 e. The maximum Gasteiger partial charge on any atom is -0.0300 e. The van der Waals surface area contributed by atoms with Crippen molar-refractivity contribution in [3.05, 3.63) is 47.6 Å². The molecular weight excluding hydrogens is 144 g/mol. The van der Waals surface area contributed by atoms with Crippen LogP contribution in [0.15, 0.2) is 47.6 Å². The molecule has 0 saturated heterocycles. The summed E-state index contributed by atoms with van der Waals surface area (Å²) in [7, 11) is 0. The smallest absolute Gasteiger partial charge is 0.0300 e. The number of hydrogen-bond donors (Lipinski definition) is 0. The second-order valence-electron chi connectivity index (χ2n) is 2.83. The molecule has 12 heavy (non-hydrogen) atoms. The monoisotopic (exact) mass is 162 g/mol. The fourth-order valence-electron chi connectivity index (χ4n) is 0.954. The summed E-state index contributed by atoms with van der Waals surface area (Å²) < 4.78 is 0. The molecule has 0 atom stereocenters. The highest BCUT2D eigenvalue weighted by molar-refractivity contribution is 5.41. The quantitative estimate of drug-likeness (QED) is 0.549. The van der Waals surface area contributed by atoms with Crippen molar-refractivity contribution >= 4 is 0 Å². The molecule has 0 radical (unpaired) electrons. The first kappa shape index (κ1) is 11.0. The first-order chi connectivity index (χ1) is 5.63. The molecule has 0 aromatic carbocycles. The highest BCUT2D eigenvalue weighted by atomic mass is 14.0. The Labute approximate surface area is 76.0 Å². The summed E-state index contributed by atoms with van der Waals surface area (Å²) in [6.07, 6.45) is 8.18. The van der Waals surface area contributed by atoms with Crippen LogP contribution in [0.25, 0.3) is 0 Å². The second-order valence-corrected chi connectivity index (χ2v) is 2.83. The average Bonchev–Trinajstić information content (AvgIpc) is 2.04. The van der Waals surface area contributed by atoms with Gasteiger partial charge in [0, 0.05) is 0 Å². The van der Waals surface area contributed by atoms with Crippen molar-refractivity contribution in [3.8, 4) is 0 Å². The van der Waals surface area contributed by atoms with E-state index < -0.39 is 0 Å². The molecule has 0 aromatic heterocycles. The van der Waals surface area contributed by atoms with Crippen LogP contribution in [0.1, 0.15) is 27.7 Å². The van der Waals surface area contributed by atoms with E-state index in [2.05, 4.69) is 26.5 Å². The molecule has 0 fully saturated rings. The molecule has 0 unspecified atom stereocenters. The summed E-state index contributed by atoms with van der Waals surface area (Å²) in [6, 6.07) is 0. The maximum atomic E-state index is 3.97. The van der Waals surface area contributed by atoms with Gasteiger partial charge in [0.2, 0.25) is 0 Å². The lowest BCUT2D eigenvalue weighted by Gasteiger charge is -2.02. The summed E-state index contributed by atoms with van der Waals surface area (Å²) in [4.78, 5) is 0. The lowest BCUT2D eigenvalue weighted by atomic mass is 10.0. The zero-order chi connectivity index (χ0) is 9.56. The summed E-state index contributed by atoms with van der Waals surface area (Å²) in [5.74, 6) is 0. The third-order valence-electron chi connectivity index (χ3n) is 1.86. The van der Waals surface area contributed by atoms with Crippen LogP contribution in [0.4, 0.5) is 0 Å². The van der Waals surface area contributed by atoms with Gasteiger partial charge in [0.25, 0.3) is 0 Å². The van der Waals surface area contributed by atoms with Crippen LogP contribution in [0.3, 0.4) is 0 Å². The van der Waals surface area contributed by atoms with Crippen molar-refractivity contribution in [2.45, 2.75) is 27.7 Å². The van der Waals surface area contributed by atoms with E-state index in [0.717, 1.165) is 5.57 Å². The minimum absolute atomic E-state index is 1.09. The SMILES string of the molecule is C=C(C=CC)C(C)=C(C)C=CC. The lowest BCUT2D eigenvalue weighted by molar-refractivity contribution is 1.32. The Morgan fingerprint density at radius 2 is 1.50 bits per heavy atom. The Kier molecular flexibility index (Phi) is 5.11. The van der Waals surface area contributed by atoms with E-state index in [0.29, 0.717) is 0 Å². The third kappa shape index (κ3) is 3.38. The molecule has 0 aliphatic carbocycles. The van der Waals surface area contributed by atoms with Gasteiger partial charge in [-0.2, -0.15) is 0 Å². The fourth-order valence-corrected chi connectivity index (χ4v) is 0.954. The van der Waals surface area contributed by atoms with Gasteiger partial charge in [0.1, 0.15) is 0 Å². The molecule has 0 heterocycles. The minimum atomic E-state index is 1.09. The van der Waals surface area contributed by atoms with Crippen molar-refractivity contribution in [2.75, 3.05) is 0 Å². The van der Waals surface area contributed by atoms with Crippen LogP contribution < -0.4 is 0 Å². The van der Waals surface area contributed by atoms with E-state index in [-0.39, 0.29) is 0 Å². The van der Waals surface area contributed by atoms with Crippen LogP contribution in [0, 0.1) is 0 Å². The van der Waals surface area contributed by atoms with E-state index in [1.54, 1.807) is 0 Å². The van der Waals surface area contributed by atoms with Crippen LogP contribution in [0.5, 0.6) is 0 Å². The summed E-state index contributed by atoms with van der Waals surface area (Å²) in [5.41, 5.74) is 3.62. The zero-order valence-electron chi connectivity index (χ0n) is 8.52. The second kappa shape index (κ2) is 5.59. The molecule has 0 spiro atoms. The number of allylic oxidation sites excluding steroid dienone is 7. The van der Waals surface area contributed by atoms with Gasteiger partial charge in [0.15, 0.2) is 0 Å². The molecule has 0 amide bonds. The molecule has 0 rings (SSSR count). The Morgan fingerprint density at radius 1 is 1.00 bits per heavy atom. The van der Waals surface area contributed by atoms with Crippen LogP contribution >= 0.6 is 0 Å². The average molecular weight is 162 g/mol. The minimum Gasteiger partial charge on any atom is -0.0915 e. The molecule has 0 N–H and O–H groups in total. The van der Waals surface area contributed by atoms with Crippen LogP contribution in [0.2, 0.25) is 0 Å². The zero-order valence-corrected chi connectivity index (χ0v) is 8.52. The van der Waals surface area contributed by atoms with Gasteiger partial charge in [-0.05, 0) is 44.4 Å². The molecule has 0 heteroatoms. The fraction of sp³-hybridized carbons (Fsp3) is 0.333. The first-order valence-corrected chi connectivity index (χ1v) is 4.25. The van der Waals surface area contributed by atoms with Gasteiger partial charge in [-0.15, -0.1) is 0 Å². The van der Waals surface area contributed by atoms with Crippen molar-refractivity contribution < 1.29 is 0 Å². The summed E-state index contributed by atoms with van der Waals surface area (Å²) in [6.45, 7) is 12.2. The van der Waals surface area contributed by atoms with Gasteiger partial charge in [-0.25, -0.2) is 0 Å². The van der Waals surface area contributed by atoms with E-state index >= 15 is 0 Å². The summed E-state index contributed by atoms with van der Waals surface area (Å²) in [5, 5.41) is 0. The summed E-state index contributed by atoms with van der Waals surface area (Å²) >= 11 is 0. The predicted octanol–water partition coefficient (Wildman–Crippen LogP) is 4.03. The van der Waals surface area contributed by atoms with Crippen LogP contribution in [-0.2, 0) is 0 Å². The normalized spacial score (nSPS) is 14.0. The van der Waals surface area contributed by atoms with Gasteiger partial charge >= 0.3 is 0 Å². The Bertz CT molecular complexity index is 237. The van der Waals surface area contributed by atoms with E-state index in [9.17, 15) is 0 Å². The van der Waals surface area contributed by atoms with Crippen molar-refractivity contribution in [2.24, 2.45) is 0 Å². The highest BCUT2D eigenvalue weighted by Gasteiger charge is 1.94. The highest BCUT2D eigenvalue weighted by Crippen LogP contribution is 2.14. The molecule has 0 aliphatic rings. The standard InChI is InChI=1S/C12H18/c1-6-8-10(3)12(5)11(4)9-7-2/h6-9H,3H2,1-2,4-5H3. The van der Waals surface area contributed by atoms with Crippen molar-refractivity contribution in [1.29, 1.82) is 0 Å². The molecule has 0 bridgehead atoms. The third-order valence-corrected chi connectivity index (χ3v) is 1.86. The Morgan fingerprint density at radius 3 is 1.92 bits per heavy atom. The number of hydrogen-bond acceptors (Lipinski definition) is 0. The van der Waals surface area contributed by atoms with Crippen molar-refractivity contribution in [3.63, 3.8) is 0 Å². The van der Waals surface area contributed by atoms with E-state index in [4.69, 9.17) is 0 Å². The van der Waals surface area contributed by atoms with E-state index in [1.165, 1.54) is 11.1 Å². The topological polar surface area (TPSA) is 0 Å². The van der Waals surface area contributed by atoms with E-state index in [1.807, 2.05) is 32.1 Å². The molecule has 0 saturated carbocycles. The van der Waals surface area contributed by atoms with Gasteiger partial charge in [0.05, 0.1) is 0 Å². The molecule has 0 nitrogen and oxygen atoms in total. The lowest BCUT2D eigenvalue weighted by Crippen LogP contribution is -1.82. The van der Waals surface area contributed by atoms with Gasteiger partial charge in [-0.3, -0.25) is 0 Å². The Hall–Kier alpha value is -1.04. The Balaban J connectivity index is 4.65. The molecule has 0 aromatic rings. The molecular formula is C12H18. The number of rotatable bonds is 3. The molecule has 0 aliphatic heterocycles. The van der Waals surface area contributed by atoms with Crippen LogP contribution in [-0.4, -0.2) is 0 Å². The first-order valence-electron chi connectivity index (χ1n) is 4.25. The maximum absolute atomic E-state index is 3.97. The van der Waals surface area contributed by atoms with Gasteiger partial charge < -0.3 is 0 Å². The predicted molar refractivity (Wildman–Crippen MR) is 57.1 cm³/mol. The molecule has 66 valence electrons. The van der Waals surface area contributed by atoms with Gasteiger partial charge in [-0.1, -0.05) is 30.9 Å².